The monoisotopic (exact) mass is 413 g/mol. The van der Waals surface area contributed by atoms with Gasteiger partial charge >= 0.3 is 0 Å². The van der Waals surface area contributed by atoms with E-state index < -0.39 is 0 Å². The third kappa shape index (κ3) is 5.07. The lowest BCUT2D eigenvalue weighted by atomic mass is 9.93. The fourth-order valence-corrected chi connectivity index (χ4v) is 4.58. The zero-order valence-corrected chi connectivity index (χ0v) is 17.7. The van der Waals surface area contributed by atoms with Gasteiger partial charge in [0.15, 0.2) is 0 Å². The average Bonchev–Trinajstić information content (AvgIpc) is 3.12. The molecule has 1 aliphatic rings. The molecular formula is C21H27N5O2S. The number of aliphatic hydroxyl groups excluding tert-OH is 1. The van der Waals surface area contributed by atoms with E-state index in [1.807, 2.05) is 32.0 Å². The fraction of sp³-hybridized carbons (Fsp3) is 0.524. The summed E-state index contributed by atoms with van der Waals surface area (Å²) in [5.74, 6) is 0.629. The summed E-state index contributed by atoms with van der Waals surface area (Å²) in [7, 11) is 0. The number of hydrogen-bond acceptors (Lipinski definition) is 8. The number of nitrogens with zero attached hydrogens (tertiary/aromatic N) is 4. The first-order valence-electron chi connectivity index (χ1n) is 10.2. The van der Waals surface area contributed by atoms with Gasteiger partial charge in [0, 0.05) is 25.3 Å². The van der Waals surface area contributed by atoms with Gasteiger partial charge < -0.3 is 15.2 Å². The van der Waals surface area contributed by atoms with Gasteiger partial charge in [-0.25, -0.2) is 19.9 Å². The van der Waals surface area contributed by atoms with Crippen LogP contribution in [0.4, 0.5) is 5.95 Å². The number of anilines is 1. The highest BCUT2D eigenvalue weighted by atomic mass is 32.1. The predicted molar refractivity (Wildman–Crippen MR) is 114 cm³/mol. The smallest absolute Gasteiger partial charge is 0.223 e. The van der Waals surface area contributed by atoms with E-state index in [4.69, 9.17) is 14.7 Å². The van der Waals surface area contributed by atoms with E-state index >= 15 is 0 Å². The fourth-order valence-electron chi connectivity index (χ4n) is 3.67. The Balaban J connectivity index is 1.58. The number of ether oxygens (including phenoxy) is 1. The molecule has 154 valence electrons. The zero-order chi connectivity index (χ0) is 20.2. The van der Waals surface area contributed by atoms with E-state index in [2.05, 4.69) is 15.3 Å². The van der Waals surface area contributed by atoms with Crippen LogP contribution in [-0.2, 0) is 11.2 Å². The molecule has 0 aromatic carbocycles. The first-order chi connectivity index (χ1) is 14.1. The second-order valence-electron chi connectivity index (χ2n) is 7.47. The molecule has 1 saturated carbocycles. The van der Waals surface area contributed by atoms with Gasteiger partial charge in [-0.05, 0) is 57.7 Å². The van der Waals surface area contributed by atoms with E-state index in [9.17, 15) is 5.11 Å². The van der Waals surface area contributed by atoms with Gasteiger partial charge in [0.2, 0.25) is 5.95 Å². The quantitative estimate of drug-likeness (QED) is 0.607. The molecule has 7 nitrogen and oxygen atoms in total. The average molecular weight is 414 g/mol. The van der Waals surface area contributed by atoms with Crippen LogP contribution in [0.15, 0.2) is 24.4 Å². The third-order valence-corrected chi connectivity index (χ3v) is 6.18. The second-order valence-corrected chi connectivity index (χ2v) is 8.53. The molecule has 0 radical (unpaired) electrons. The number of fused-ring (bicyclic) bond motifs is 1. The van der Waals surface area contributed by atoms with Gasteiger partial charge in [0.25, 0.3) is 0 Å². The Morgan fingerprint density at radius 2 is 2.07 bits per heavy atom. The molecule has 4 rings (SSSR count). The molecule has 0 spiro atoms. The third-order valence-electron chi connectivity index (χ3n) is 5.21. The maximum Gasteiger partial charge on any atom is 0.223 e. The Kier molecular flexibility index (Phi) is 6.32. The summed E-state index contributed by atoms with van der Waals surface area (Å²) in [6.45, 7) is 4.63. The molecule has 3 aromatic rings. The summed E-state index contributed by atoms with van der Waals surface area (Å²) in [6.07, 6.45) is 5.63. The van der Waals surface area contributed by atoms with Crippen molar-refractivity contribution < 1.29 is 9.84 Å². The van der Waals surface area contributed by atoms with Crippen LogP contribution < -0.4 is 5.32 Å². The van der Waals surface area contributed by atoms with E-state index in [-0.39, 0.29) is 18.2 Å². The molecule has 8 heteroatoms. The molecule has 1 atom stereocenters. The van der Waals surface area contributed by atoms with Crippen LogP contribution in [0.3, 0.4) is 0 Å². The summed E-state index contributed by atoms with van der Waals surface area (Å²) >= 11 is 1.60. The van der Waals surface area contributed by atoms with Crippen molar-refractivity contribution in [2.24, 2.45) is 0 Å². The standard InChI is InChI=1S/C21H27N5O2S/c1-3-28-13(2)18-11-15(12-19-25-17-5-4-10-22-20(17)29-19)24-21(26-18)23-14-6-8-16(27)9-7-14/h4-5,10-11,13-14,16,27H,3,6-9,12H2,1-2H3,(H,23,24,26). The Hall–Kier alpha value is -2.16. The highest BCUT2D eigenvalue weighted by molar-refractivity contribution is 7.18. The maximum atomic E-state index is 9.75. The Bertz CT molecular complexity index is 922. The van der Waals surface area contributed by atoms with Crippen molar-refractivity contribution >= 4 is 27.6 Å². The van der Waals surface area contributed by atoms with E-state index in [1.165, 1.54) is 0 Å². The first kappa shape index (κ1) is 20.1. The summed E-state index contributed by atoms with van der Waals surface area (Å²) in [5, 5.41) is 14.2. The molecule has 29 heavy (non-hydrogen) atoms. The van der Waals surface area contributed by atoms with Crippen LogP contribution >= 0.6 is 11.3 Å². The number of aliphatic hydroxyl groups is 1. The summed E-state index contributed by atoms with van der Waals surface area (Å²) in [5.41, 5.74) is 2.71. The van der Waals surface area contributed by atoms with Gasteiger partial charge in [0.1, 0.15) is 15.4 Å². The lowest BCUT2D eigenvalue weighted by Gasteiger charge is -2.26. The molecular weight excluding hydrogens is 386 g/mol. The molecule has 1 unspecified atom stereocenters. The molecule has 1 fully saturated rings. The maximum absolute atomic E-state index is 9.75. The van der Waals surface area contributed by atoms with Crippen LogP contribution in [0, 0.1) is 0 Å². The highest BCUT2D eigenvalue weighted by Gasteiger charge is 2.21. The van der Waals surface area contributed by atoms with Gasteiger partial charge in [-0.1, -0.05) is 11.3 Å². The second kappa shape index (κ2) is 9.11. The molecule has 3 aromatic heterocycles. The van der Waals surface area contributed by atoms with Crippen LogP contribution in [0.1, 0.15) is 62.0 Å². The van der Waals surface area contributed by atoms with Crippen LogP contribution in [0.25, 0.3) is 10.3 Å². The van der Waals surface area contributed by atoms with Crippen LogP contribution in [0.5, 0.6) is 0 Å². The zero-order valence-electron chi connectivity index (χ0n) is 16.8. The minimum atomic E-state index is -0.179. The minimum absolute atomic E-state index is 0.104. The van der Waals surface area contributed by atoms with Gasteiger partial charge in [-0.2, -0.15) is 0 Å². The lowest BCUT2D eigenvalue weighted by Crippen LogP contribution is -2.29. The number of pyridine rings is 1. The number of hydrogen-bond donors (Lipinski definition) is 2. The molecule has 0 aliphatic heterocycles. The van der Waals surface area contributed by atoms with Crippen molar-refractivity contribution in [3.63, 3.8) is 0 Å². The van der Waals surface area contributed by atoms with Gasteiger partial charge in [0.05, 0.1) is 23.6 Å². The number of aromatic nitrogens is 4. The van der Waals surface area contributed by atoms with Crippen molar-refractivity contribution in [1.82, 2.24) is 19.9 Å². The van der Waals surface area contributed by atoms with Gasteiger partial charge in [-0.15, -0.1) is 0 Å². The SMILES string of the molecule is CCOC(C)c1cc(Cc2nc3cccnc3s2)nc(NC2CCC(O)CC2)n1. The van der Waals surface area contributed by atoms with Crippen molar-refractivity contribution in [3.05, 3.63) is 40.8 Å². The predicted octanol–water partition coefficient (Wildman–Crippen LogP) is 3.89. The number of thiazole rings is 1. The summed E-state index contributed by atoms with van der Waals surface area (Å²) in [4.78, 5) is 19.5. The molecule has 1 aliphatic carbocycles. The molecule has 2 N–H and O–H groups in total. The summed E-state index contributed by atoms with van der Waals surface area (Å²) in [6, 6.07) is 6.18. The Morgan fingerprint density at radius 1 is 1.24 bits per heavy atom. The first-order valence-corrected chi connectivity index (χ1v) is 11.1. The normalized spacial score (nSPS) is 20.7. The number of nitrogens with one attached hydrogen (secondary N) is 1. The van der Waals surface area contributed by atoms with Crippen LogP contribution in [-0.4, -0.2) is 43.8 Å². The number of rotatable bonds is 7. The summed E-state index contributed by atoms with van der Waals surface area (Å²) < 4.78 is 5.77. The topological polar surface area (TPSA) is 93.1 Å². The Labute approximate surface area is 174 Å². The molecule has 3 heterocycles. The molecule has 0 saturated heterocycles. The largest absolute Gasteiger partial charge is 0.393 e. The van der Waals surface area contributed by atoms with Crippen molar-refractivity contribution in [3.8, 4) is 0 Å². The highest BCUT2D eigenvalue weighted by Crippen LogP contribution is 2.25. The Morgan fingerprint density at radius 3 is 2.83 bits per heavy atom. The molecule has 0 bridgehead atoms. The van der Waals surface area contributed by atoms with Crippen molar-refractivity contribution in [1.29, 1.82) is 0 Å². The van der Waals surface area contributed by atoms with E-state index in [0.717, 1.165) is 52.4 Å². The molecule has 0 amide bonds. The van der Waals surface area contributed by atoms with Gasteiger partial charge in [-0.3, -0.25) is 0 Å². The van der Waals surface area contributed by atoms with E-state index in [0.29, 0.717) is 19.0 Å². The van der Waals surface area contributed by atoms with Crippen molar-refractivity contribution in [2.45, 2.75) is 64.2 Å². The lowest BCUT2D eigenvalue weighted by molar-refractivity contribution is 0.0733. The van der Waals surface area contributed by atoms with Crippen LogP contribution in [0.2, 0.25) is 0 Å². The van der Waals surface area contributed by atoms with Crippen molar-refractivity contribution in [2.75, 3.05) is 11.9 Å². The van der Waals surface area contributed by atoms with E-state index in [1.54, 1.807) is 17.5 Å². The minimum Gasteiger partial charge on any atom is -0.393 e.